The highest BCUT2D eigenvalue weighted by Gasteiger charge is 2.33. The maximum atomic E-state index is 12.5. The molecule has 1 saturated heterocycles. The van der Waals surface area contributed by atoms with E-state index in [1.54, 1.807) is 7.05 Å². The number of nitro benzene ring substituents is 1. The van der Waals surface area contributed by atoms with E-state index < -0.39 is 14.9 Å². The zero-order valence-electron chi connectivity index (χ0n) is 11.0. The second kappa shape index (κ2) is 5.83. The SMILES string of the molecule is CNN1CCN(S(=O)(=O)c2ccccc2[N+](=O)[O-])CC1. The monoisotopic (exact) mass is 300 g/mol. The Bertz CT molecular complexity index is 596. The highest BCUT2D eigenvalue weighted by molar-refractivity contribution is 7.89. The van der Waals surface area contributed by atoms with Gasteiger partial charge in [-0.25, -0.2) is 13.4 Å². The highest BCUT2D eigenvalue weighted by Crippen LogP contribution is 2.26. The number of nitrogens with one attached hydrogen (secondary N) is 1. The fourth-order valence-corrected chi connectivity index (χ4v) is 3.70. The van der Waals surface area contributed by atoms with Crippen LogP contribution in [0.3, 0.4) is 0 Å². The van der Waals surface area contributed by atoms with Crippen molar-refractivity contribution in [3.8, 4) is 0 Å². The fourth-order valence-electron chi connectivity index (χ4n) is 2.12. The average molecular weight is 300 g/mol. The van der Waals surface area contributed by atoms with Crippen LogP contribution in [0.5, 0.6) is 0 Å². The van der Waals surface area contributed by atoms with E-state index in [9.17, 15) is 18.5 Å². The Morgan fingerprint density at radius 1 is 1.20 bits per heavy atom. The third-order valence-electron chi connectivity index (χ3n) is 3.23. The van der Waals surface area contributed by atoms with Crippen LogP contribution in [0.1, 0.15) is 0 Å². The van der Waals surface area contributed by atoms with Crippen LogP contribution in [0, 0.1) is 10.1 Å². The van der Waals surface area contributed by atoms with E-state index in [0.29, 0.717) is 26.2 Å². The Hall–Kier alpha value is -1.55. The molecule has 2 rings (SSSR count). The molecule has 1 aromatic carbocycles. The maximum absolute atomic E-state index is 12.5. The Labute approximate surface area is 117 Å². The number of para-hydroxylation sites is 1. The molecule has 0 saturated carbocycles. The zero-order valence-corrected chi connectivity index (χ0v) is 11.8. The van der Waals surface area contributed by atoms with Crippen LogP contribution in [0.15, 0.2) is 29.2 Å². The molecule has 8 nitrogen and oxygen atoms in total. The van der Waals surface area contributed by atoms with E-state index in [1.165, 1.54) is 28.6 Å². The van der Waals surface area contributed by atoms with E-state index >= 15 is 0 Å². The minimum atomic E-state index is -3.83. The van der Waals surface area contributed by atoms with E-state index in [2.05, 4.69) is 5.43 Å². The summed E-state index contributed by atoms with van der Waals surface area (Å²) in [5, 5.41) is 12.8. The summed E-state index contributed by atoms with van der Waals surface area (Å²) in [5.41, 5.74) is 2.56. The Kier molecular flexibility index (Phi) is 4.33. The smallest absolute Gasteiger partial charge is 0.258 e. The lowest BCUT2D eigenvalue weighted by Gasteiger charge is -2.33. The number of hydrazine groups is 1. The lowest BCUT2D eigenvalue weighted by molar-refractivity contribution is -0.387. The van der Waals surface area contributed by atoms with Crippen LogP contribution >= 0.6 is 0 Å². The van der Waals surface area contributed by atoms with Gasteiger partial charge in [0.2, 0.25) is 10.0 Å². The number of hydrogen-bond acceptors (Lipinski definition) is 6. The van der Waals surface area contributed by atoms with Crippen LogP contribution in [0.25, 0.3) is 0 Å². The summed E-state index contributed by atoms with van der Waals surface area (Å²) in [5.74, 6) is 0. The van der Waals surface area contributed by atoms with Gasteiger partial charge in [0.1, 0.15) is 0 Å². The highest BCUT2D eigenvalue weighted by atomic mass is 32.2. The van der Waals surface area contributed by atoms with Gasteiger partial charge in [0.25, 0.3) is 5.69 Å². The van der Waals surface area contributed by atoms with Crippen LogP contribution < -0.4 is 5.43 Å². The first-order valence-corrected chi connectivity index (χ1v) is 7.56. The molecule has 1 fully saturated rings. The van der Waals surface area contributed by atoms with Gasteiger partial charge < -0.3 is 0 Å². The molecule has 0 spiro atoms. The number of nitro groups is 1. The second-order valence-corrected chi connectivity index (χ2v) is 6.25. The summed E-state index contributed by atoms with van der Waals surface area (Å²) in [6, 6.07) is 5.43. The molecule has 0 bridgehead atoms. The number of piperazine rings is 1. The predicted molar refractivity (Wildman–Crippen MR) is 72.5 cm³/mol. The van der Waals surface area contributed by atoms with Gasteiger partial charge in [0.15, 0.2) is 4.90 Å². The summed E-state index contributed by atoms with van der Waals surface area (Å²) in [6.45, 7) is 1.68. The van der Waals surface area contributed by atoms with Crippen molar-refractivity contribution in [3.05, 3.63) is 34.4 Å². The van der Waals surface area contributed by atoms with Gasteiger partial charge in [-0.2, -0.15) is 4.31 Å². The Morgan fingerprint density at radius 2 is 1.80 bits per heavy atom. The Balaban J connectivity index is 2.30. The summed E-state index contributed by atoms with van der Waals surface area (Å²) in [4.78, 5) is 10.0. The van der Waals surface area contributed by atoms with E-state index in [0.717, 1.165) is 0 Å². The summed E-state index contributed by atoms with van der Waals surface area (Å²) in [6.07, 6.45) is 0. The van der Waals surface area contributed by atoms with Crippen molar-refractivity contribution in [1.82, 2.24) is 14.7 Å². The van der Waals surface area contributed by atoms with Crippen molar-refractivity contribution >= 4 is 15.7 Å². The van der Waals surface area contributed by atoms with Gasteiger partial charge in [-0.1, -0.05) is 12.1 Å². The first kappa shape index (κ1) is 14.9. The lowest BCUT2D eigenvalue weighted by atomic mass is 10.3. The molecule has 1 aromatic rings. The summed E-state index contributed by atoms with van der Waals surface area (Å²) < 4.78 is 26.3. The predicted octanol–water partition coefficient (Wildman–Crippen LogP) is 0.0355. The van der Waals surface area contributed by atoms with E-state index in [1.807, 2.05) is 5.01 Å². The molecule has 1 N–H and O–H groups in total. The third kappa shape index (κ3) is 2.80. The molecule has 1 heterocycles. The van der Waals surface area contributed by atoms with Crippen molar-refractivity contribution < 1.29 is 13.3 Å². The molecule has 110 valence electrons. The molecule has 9 heteroatoms. The largest absolute Gasteiger partial charge is 0.289 e. The zero-order chi connectivity index (χ0) is 14.8. The molecular formula is C11H16N4O4S. The number of rotatable bonds is 4. The molecular weight excluding hydrogens is 284 g/mol. The second-order valence-electron chi connectivity index (χ2n) is 4.34. The number of nitrogens with zero attached hydrogens (tertiary/aromatic N) is 3. The minimum absolute atomic E-state index is 0.247. The topological polar surface area (TPSA) is 95.8 Å². The molecule has 20 heavy (non-hydrogen) atoms. The van der Waals surface area contributed by atoms with Crippen molar-refractivity contribution in [2.45, 2.75) is 4.90 Å². The fraction of sp³-hybridized carbons (Fsp3) is 0.455. The van der Waals surface area contributed by atoms with Gasteiger partial charge >= 0.3 is 0 Å². The van der Waals surface area contributed by atoms with Crippen molar-refractivity contribution in [1.29, 1.82) is 0 Å². The first-order chi connectivity index (χ1) is 9.46. The van der Waals surface area contributed by atoms with E-state index in [4.69, 9.17) is 0 Å². The number of hydrogen-bond donors (Lipinski definition) is 1. The first-order valence-electron chi connectivity index (χ1n) is 6.12. The van der Waals surface area contributed by atoms with Crippen LogP contribution in [-0.4, -0.2) is 55.9 Å². The molecule has 0 aromatic heterocycles. The molecule has 0 amide bonds. The van der Waals surface area contributed by atoms with Gasteiger partial charge in [-0.15, -0.1) is 0 Å². The quantitative estimate of drug-likeness (QED) is 0.623. The van der Waals surface area contributed by atoms with Crippen molar-refractivity contribution in [2.75, 3.05) is 33.2 Å². The molecule has 0 atom stereocenters. The summed E-state index contributed by atoms with van der Waals surface area (Å²) in [7, 11) is -2.06. The average Bonchev–Trinajstić information content (AvgIpc) is 2.47. The van der Waals surface area contributed by atoms with Crippen LogP contribution in [0.4, 0.5) is 5.69 Å². The minimum Gasteiger partial charge on any atom is -0.258 e. The Morgan fingerprint density at radius 3 is 2.35 bits per heavy atom. The van der Waals surface area contributed by atoms with E-state index in [-0.39, 0.29) is 10.6 Å². The van der Waals surface area contributed by atoms with Crippen LogP contribution in [-0.2, 0) is 10.0 Å². The molecule has 0 unspecified atom stereocenters. The molecule has 1 aliphatic rings. The van der Waals surface area contributed by atoms with Crippen molar-refractivity contribution in [3.63, 3.8) is 0 Å². The van der Waals surface area contributed by atoms with Gasteiger partial charge in [0, 0.05) is 32.2 Å². The van der Waals surface area contributed by atoms with Gasteiger partial charge in [-0.3, -0.25) is 15.5 Å². The number of sulfonamides is 1. The molecule has 1 aliphatic heterocycles. The normalized spacial score (nSPS) is 18.1. The summed E-state index contributed by atoms with van der Waals surface area (Å²) >= 11 is 0. The maximum Gasteiger partial charge on any atom is 0.289 e. The van der Waals surface area contributed by atoms with Crippen molar-refractivity contribution in [2.24, 2.45) is 0 Å². The molecule has 0 radical (unpaired) electrons. The lowest BCUT2D eigenvalue weighted by Crippen LogP contribution is -2.52. The molecule has 0 aliphatic carbocycles. The van der Waals surface area contributed by atoms with Crippen LogP contribution in [0.2, 0.25) is 0 Å². The standard InChI is InChI=1S/C11H16N4O4S/c1-12-13-6-8-14(9-7-13)20(18,19)11-5-3-2-4-10(11)15(16)17/h2-5,12H,6-9H2,1H3. The number of benzene rings is 1. The van der Waals surface area contributed by atoms with Gasteiger partial charge in [-0.05, 0) is 13.1 Å². The van der Waals surface area contributed by atoms with Gasteiger partial charge in [0.05, 0.1) is 4.92 Å². The third-order valence-corrected chi connectivity index (χ3v) is 5.18.